The maximum Gasteiger partial charge on any atom is 0.214 e. The highest BCUT2D eigenvalue weighted by Crippen LogP contribution is 2.17. The summed E-state index contributed by atoms with van der Waals surface area (Å²) >= 11 is 9.96. The topological polar surface area (TPSA) is 42.4 Å². The molecule has 0 saturated heterocycles. The van der Waals surface area contributed by atoms with Crippen molar-refractivity contribution in [2.24, 2.45) is 0 Å². The number of halogens is 1. The molecular formula is C10H14ClNO2S. The molecule has 15 heavy (non-hydrogen) atoms. The van der Waals surface area contributed by atoms with Gasteiger partial charge in [0.25, 0.3) is 0 Å². The molecule has 0 aliphatic carbocycles. The van der Waals surface area contributed by atoms with Gasteiger partial charge < -0.3 is 9.84 Å². The number of ether oxygens (including phenoxy) is 1. The van der Waals surface area contributed by atoms with Crippen molar-refractivity contribution in [3.63, 3.8) is 0 Å². The maximum absolute atomic E-state index is 8.59. The standard InChI is InChI=1S/C10H14ClNO2S/c11-9-5-8(7-15)6-10(12-9)14-4-2-1-3-13/h5-6,13,15H,1-4,7H2. The van der Waals surface area contributed by atoms with Crippen LogP contribution in [0.15, 0.2) is 12.1 Å². The van der Waals surface area contributed by atoms with Gasteiger partial charge in [0.1, 0.15) is 5.15 Å². The van der Waals surface area contributed by atoms with E-state index in [9.17, 15) is 0 Å². The van der Waals surface area contributed by atoms with Crippen molar-refractivity contribution in [1.29, 1.82) is 0 Å². The molecule has 0 radical (unpaired) electrons. The van der Waals surface area contributed by atoms with Crippen LogP contribution in [0.5, 0.6) is 5.88 Å². The van der Waals surface area contributed by atoms with Crippen molar-refractivity contribution in [2.75, 3.05) is 13.2 Å². The van der Waals surface area contributed by atoms with Gasteiger partial charge in [-0.25, -0.2) is 4.98 Å². The van der Waals surface area contributed by atoms with E-state index in [1.165, 1.54) is 0 Å². The van der Waals surface area contributed by atoms with Gasteiger partial charge in [0.2, 0.25) is 5.88 Å². The quantitative estimate of drug-likeness (QED) is 0.461. The lowest BCUT2D eigenvalue weighted by Crippen LogP contribution is -2.00. The molecular weight excluding hydrogens is 234 g/mol. The molecule has 0 saturated carbocycles. The van der Waals surface area contributed by atoms with E-state index in [-0.39, 0.29) is 6.61 Å². The monoisotopic (exact) mass is 247 g/mol. The summed E-state index contributed by atoms with van der Waals surface area (Å²) in [5, 5.41) is 9.00. The van der Waals surface area contributed by atoms with E-state index < -0.39 is 0 Å². The molecule has 0 amide bonds. The fourth-order valence-corrected chi connectivity index (χ4v) is 1.48. The third-order valence-electron chi connectivity index (χ3n) is 1.82. The van der Waals surface area contributed by atoms with Crippen LogP contribution >= 0.6 is 24.2 Å². The highest BCUT2D eigenvalue weighted by molar-refractivity contribution is 7.79. The zero-order chi connectivity index (χ0) is 11.1. The van der Waals surface area contributed by atoms with E-state index in [0.29, 0.717) is 23.4 Å². The Hall–Kier alpha value is -0.450. The summed E-state index contributed by atoms with van der Waals surface area (Å²) in [6.45, 7) is 0.730. The number of rotatable bonds is 6. The van der Waals surface area contributed by atoms with Crippen LogP contribution in [0, 0.1) is 0 Å². The molecule has 0 fully saturated rings. The Labute approximate surface area is 99.8 Å². The van der Waals surface area contributed by atoms with Gasteiger partial charge in [0.05, 0.1) is 6.61 Å². The maximum atomic E-state index is 8.59. The SMILES string of the molecule is OCCCCOc1cc(CS)cc(Cl)n1. The smallest absolute Gasteiger partial charge is 0.214 e. The van der Waals surface area contributed by atoms with E-state index >= 15 is 0 Å². The van der Waals surface area contributed by atoms with Gasteiger partial charge >= 0.3 is 0 Å². The van der Waals surface area contributed by atoms with E-state index in [4.69, 9.17) is 21.4 Å². The van der Waals surface area contributed by atoms with Crippen molar-refractivity contribution in [2.45, 2.75) is 18.6 Å². The highest BCUT2D eigenvalue weighted by atomic mass is 35.5. The number of aromatic nitrogens is 1. The van der Waals surface area contributed by atoms with Crippen LogP contribution < -0.4 is 4.74 Å². The molecule has 0 aliphatic rings. The first-order valence-corrected chi connectivity index (χ1v) is 5.78. The van der Waals surface area contributed by atoms with Gasteiger partial charge in [-0.05, 0) is 24.5 Å². The van der Waals surface area contributed by atoms with Gasteiger partial charge in [-0.2, -0.15) is 12.6 Å². The highest BCUT2D eigenvalue weighted by Gasteiger charge is 2.01. The Morgan fingerprint density at radius 2 is 2.20 bits per heavy atom. The number of pyridine rings is 1. The molecule has 0 unspecified atom stereocenters. The minimum atomic E-state index is 0.189. The molecule has 1 aromatic heterocycles. The van der Waals surface area contributed by atoms with Crippen LogP contribution in [0.25, 0.3) is 0 Å². The van der Waals surface area contributed by atoms with Crippen LogP contribution in [0.1, 0.15) is 18.4 Å². The normalized spacial score (nSPS) is 10.3. The van der Waals surface area contributed by atoms with Crippen LogP contribution in [-0.4, -0.2) is 23.3 Å². The number of unbranched alkanes of at least 4 members (excludes halogenated alkanes) is 1. The van der Waals surface area contributed by atoms with Crippen LogP contribution in [0.4, 0.5) is 0 Å². The van der Waals surface area contributed by atoms with Crippen molar-refractivity contribution in [3.05, 3.63) is 22.8 Å². The first-order chi connectivity index (χ1) is 7.26. The molecule has 0 atom stereocenters. The zero-order valence-corrected chi connectivity index (χ0v) is 9.97. The second-order valence-electron chi connectivity index (χ2n) is 3.07. The molecule has 0 aliphatic heterocycles. The Morgan fingerprint density at radius 1 is 1.40 bits per heavy atom. The summed E-state index contributed by atoms with van der Waals surface area (Å²) in [4.78, 5) is 4.03. The summed E-state index contributed by atoms with van der Waals surface area (Å²) < 4.78 is 5.39. The van der Waals surface area contributed by atoms with Crippen molar-refractivity contribution in [3.8, 4) is 5.88 Å². The fraction of sp³-hybridized carbons (Fsp3) is 0.500. The largest absolute Gasteiger partial charge is 0.478 e. The molecule has 0 spiro atoms. The number of hydrogen-bond donors (Lipinski definition) is 2. The molecule has 5 heteroatoms. The first-order valence-electron chi connectivity index (χ1n) is 4.77. The van der Waals surface area contributed by atoms with Crippen molar-refractivity contribution < 1.29 is 9.84 Å². The van der Waals surface area contributed by atoms with E-state index in [2.05, 4.69) is 17.6 Å². The molecule has 1 heterocycles. The van der Waals surface area contributed by atoms with Gasteiger partial charge in [-0.1, -0.05) is 11.6 Å². The first kappa shape index (κ1) is 12.6. The molecule has 0 aromatic carbocycles. The lowest BCUT2D eigenvalue weighted by atomic mass is 10.3. The second kappa shape index (κ2) is 6.93. The summed E-state index contributed by atoms with van der Waals surface area (Å²) in [7, 11) is 0. The Kier molecular flexibility index (Phi) is 5.83. The second-order valence-corrected chi connectivity index (χ2v) is 3.78. The molecule has 1 rings (SSSR count). The zero-order valence-electron chi connectivity index (χ0n) is 8.32. The summed E-state index contributed by atoms with van der Waals surface area (Å²) in [6, 6.07) is 3.58. The van der Waals surface area contributed by atoms with E-state index in [1.54, 1.807) is 6.07 Å². The third kappa shape index (κ3) is 4.73. The molecule has 0 bridgehead atoms. The van der Waals surface area contributed by atoms with Crippen molar-refractivity contribution >= 4 is 24.2 Å². The minimum absolute atomic E-state index is 0.189. The third-order valence-corrected chi connectivity index (χ3v) is 2.37. The number of thiol groups is 1. The summed E-state index contributed by atoms with van der Waals surface area (Å²) in [5.74, 6) is 1.12. The number of aliphatic hydroxyl groups is 1. The van der Waals surface area contributed by atoms with E-state index in [0.717, 1.165) is 18.4 Å². The number of hydrogen-bond acceptors (Lipinski definition) is 4. The van der Waals surface area contributed by atoms with Crippen LogP contribution in [0.2, 0.25) is 5.15 Å². The molecule has 1 N–H and O–H groups in total. The molecule has 3 nitrogen and oxygen atoms in total. The predicted molar refractivity (Wildman–Crippen MR) is 63.8 cm³/mol. The van der Waals surface area contributed by atoms with Crippen molar-refractivity contribution in [1.82, 2.24) is 4.98 Å². The number of nitrogens with zero attached hydrogens (tertiary/aromatic N) is 1. The van der Waals surface area contributed by atoms with Crippen LogP contribution in [0.3, 0.4) is 0 Å². The van der Waals surface area contributed by atoms with E-state index in [1.807, 2.05) is 6.07 Å². The summed E-state index contributed by atoms with van der Waals surface area (Å²) in [6.07, 6.45) is 1.54. The molecule has 84 valence electrons. The molecule has 1 aromatic rings. The van der Waals surface area contributed by atoms with Crippen LogP contribution in [-0.2, 0) is 5.75 Å². The van der Waals surface area contributed by atoms with Gasteiger partial charge in [-0.15, -0.1) is 0 Å². The Morgan fingerprint density at radius 3 is 2.87 bits per heavy atom. The lowest BCUT2D eigenvalue weighted by molar-refractivity contribution is 0.249. The minimum Gasteiger partial charge on any atom is -0.478 e. The average molecular weight is 248 g/mol. The van der Waals surface area contributed by atoms with Gasteiger partial charge in [-0.3, -0.25) is 0 Å². The van der Waals surface area contributed by atoms with Gasteiger partial charge in [0, 0.05) is 18.4 Å². The lowest BCUT2D eigenvalue weighted by Gasteiger charge is -2.06. The number of aliphatic hydroxyl groups excluding tert-OH is 1. The predicted octanol–water partition coefficient (Wildman–Crippen LogP) is 2.32. The Balaban J connectivity index is 2.49. The Bertz CT molecular complexity index is 309. The van der Waals surface area contributed by atoms with Gasteiger partial charge in [0.15, 0.2) is 0 Å². The average Bonchev–Trinajstić information content (AvgIpc) is 2.23. The fourth-order valence-electron chi connectivity index (χ4n) is 1.08. The summed E-state index contributed by atoms with van der Waals surface area (Å²) in [5.41, 5.74) is 0.982.